The maximum atomic E-state index is 11.5. The van der Waals surface area contributed by atoms with Gasteiger partial charge in [-0.1, -0.05) is 50.1 Å². The zero-order valence-electron chi connectivity index (χ0n) is 9.70. The van der Waals surface area contributed by atoms with E-state index >= 15 is 0 Å². The Morgan fingerprint density at radius 1 is 1.00 bits per heavy atom. The Morgan fingerprint density at radius 3 is 2.06 bits per heavy atom. The summed E-state index contributed by atoms with van der Waals surface area (Å²) in [4.78, 5) is 22.9. The van der Waals surface area contributed by atoms with E-state index in [1.807, 2.05) is 13.8 Å². The first-order valence-electron chi connectivity index (χ1n) is 4.99. The molecule has 1 aliphatic rings. The predicted octanol–water partition coefficient (Wildman–Crippen LogP) is 2.84. The summed E-state index contributed by atoms with van der Waals surface area (Å²) in [7, 11) is 0. The van der Waals surface area contributed by atoms with E-state index in [4.69, 9.17) is 0 Å². The van der Waals surface area contributed by atoms with Gasteiger partial charge in [0.25, 0.3) is 0 Å². The Morgan fingerprint density at radius 2 is 1.50 bits per heavy atom. The van der Waals surface area contributed by atoms with E-state index in [0.29, 0.717) is 16.7 Å². The molecule has 2 rings (SSSR count). The zero-order chi connectivity index (χ0) is 11.4. The minimum Gasteiger partial charge on any atom is -0.366 e. The number of rotatable bonds is 0. The van der Waals surface area contributed by atoms with Crippen LogP contribution in [-0.4, -0.2) is 11.6 Å². The molecule has 0 bridgehead atoms. The molecule has 2 nitrogen and oxygen atoms in total. The quantitative estimate of drug-likeness (QED) is 0.688. The van der Waals surface area contributed by atoms with Gasteiger partial charge in [-0.15, -0.1) is 17.7 Å². The van der Waals surface area contributed by atoms with Gasteiger partial charge < -0.3 is 9.59 Å². The van der Waals surface area contributed by atoms with Crippen molar-refractivity contribution in [3.63, 3.8) is 0 Å². The smallest absolute Gasteiger partial charge is 0.0754 e. The van der Waals surface area contributed by atoms with Gasteiger partial charge in [0.2, 0.25) is 0 Å². The van der Waals surface area contributed by atoms with Crippen LogP contribution >= 0.6 is 0 Å². The number of allylic oxidation sites excluding steroid dienone is 2. The van der Waals surface area contributed by atoms with Gasteiger partial charge in [-0.2, -0.15) is 0 Å². The first kappa shape index (κ1) is 15.4. The topological polar surface area (TPSA) is 34.1 Å². The van der Waals surface area contributed by atoms with Crippen LogP contribution in [0.15, 0.2) is 29.8 Å². The molecule has 0 aliphatic heterocycles. The monoisotopic (exact) mass is 290 g/mol. The van der Waals surface area contributed by atoms with Crippen molar-refractivity contribution in [2.45, 2.75) is 20.8 Å². The maximum absolute atomic E-state index is 11.5. The van der Waals surface area contributed by atoms with Crippen LogP contribution < -0.4 is 0 Å². The van der Waals surface area contributed by atoms with Crippen LogP contribution in [0.2, 0.25) is 0 Å². The van der Waals surface area contributed by atoms with E-state index in [1.54, 1.807) is 31.2 Å². The normalized spacial score (nSPS) is 12.8. The molecule has 16 heavy (non-hydrogen) atoms. The third-order valence-electron chi connectivity index (χ3n) is 2.06. The molecule has 1 aromatic carbocycles. The van der Waals surface area contributed by atoms with Crippen molar-refractivity contribution in [2.75, 3.05) is 0 Å². The van der Waals surface area contributed by atoms with Crippen LogP contribution in [-0.2, 0) is 32.7 Å². The molecule has 0 spiro atoms. The van der Waals surface area contributed by atoms with Gasteiger partial charge >= 0.3 is 0 Å². The van der Waals surface area contributed by atoms with Crippen LogP contribution in [0.4, 0.5) is 0 Å². The third kappa shape index (κ3) is 2.96. The molecule has 0 heterocycles. The molecule has 0 atom stereocenters. The van der Waals surface area contributed by atoms with Crippen molar-refractivity contribution in [1.82, 2.24) is 0 Å². The molecule has 0 unspecified atom stereocenters. The van der Waals surface area contributed by atoms with E-state index in [9.17, 15) is 9.59 Å². The second-order valence-electron chi connectivity index (χ2n) is 2.95. The summed E-state index contributed by atoms with van der Waals surface area (Å²) in [6.45, 7) is 5.61. The molecular formula is C13H13O2Y-. The van der Waals surface area contributed by atoms with Crippen molar-refractivity contribution < 1.29 is 42.3 Å². The Bertz CT molecular complexity index is 433. The summed E-state index contributed by atoms with van der Waals surface area (Å²) < 4.78 is 0. The summed E-state index contributed by atoms with van der Waals surface area (Å²) in [6.07, 6.45) is 2.51. The Balaban J connectivity index is 0.000000711. The first-order chi connectivity index (χ1) is 7.20. The van der Waals surface area contributed by atoms with E-state index in [-0.39, 0.29) is 44.3 Å². The summed E-state index contributed by atoms with van der Waals surface area (Å²) in [5.41, 5.74) is 1.34. The molecule has 1 aromatic rings. The molecule has 0 aromatic heterocycles. The summed E-state index contributed by atoms with van der Waals surface area (Å²) >= 11 is 0. The number of carbonyl (C=O) groups is 2. The van der Waals surface area contributed by atoms with Crippen LogP contribution in [0, 0.1) is 6.08 Å². The SMILES string of the molecule is CC.CC1=[C-]C(=O)c2ccccc2C1=O.[Y]. The molecule has 1 aliphatic carbocycles. The van der Waals surface area contributed by atoms with Gasteiger partial charge in [-0.3, -0.25) is 0 Å². The number of hydrogen-bond donors (Lipinski definition) is 0. The molecule has 0 saturated heterocycles. The standard InChI is InChI=1S/C11H7O2.C2H6.Y/c1-7-6-10(12)8-4-2-3-5-9(8)11(7)13;1-2;/h2-5H,1H3;1-2H3;/q-1;;. The van der Waals surface area contributed by atoms with E-state index in [0.717, 1.165) is 0 Å². The van der Waals surface area contributed by atoms with Gasteiger partial charge in [0, 0.05) is 32.7 Å². The van der Waals surface area contributed by atoms with Gasteiger partial charge in [0.1, 0.15) is 0 Å². The Hall–Kier alpha value is -0.596. The molecular weight excluding hydrogens is 277 g/mol. The number of carbonyl (C=O) groups excluding carboxylic acids is 2. The minimum atomic E-state index is -0.201. The number of Topliss-reactive ketones (excluding diaryl/α,β-unsaturated/α-hetero) is 2. The van der Waals surface area contributed by atoms with Crippen molar-refractivity contribution in [1.29, 1.82) is 0 Å². The molecule has 0 N–H and O–H groups in total. The molecule has 3 heteroatoms. The van der Waals surface area contributed by atoms with Crippen molar-refractivity contribution in [2.24, 2.45) is 0 Å². The van der Waals surface area contributed by atoms with Gasteiger partial charge in [-0.05, 0) is 0 Å². The second kappa shape index (κ2) is 6.87. The second-order valence-corrected chi connectivity index (χ2v) is 2.95. The summed E-state index contributed by atoms with van der Waals surface area (Å²) in [5, 5.41) is 0. The van der Waals surface area contributed by atoms with Crippen molar-refractivity contribution in [3.05, 3.63) is 47.0 Å². The minimum absolute atomic E-state index is 0. The fraction of sp³-hybridized carbons (Fsp3) is 0.231. The number of benzene rings is 1. The fourth-order valence-electron chi connectivity index (χ4n) is 1.38. The van der Waals surface area contributed by atoms with Crippen molar-refractivity contribution >= 4 is 11.6 Å². The predicted molar refractivity (Wildman–Crippen MR) is 58.9 cm³/mol. The Kier molecular flexibility index (Phi) is 6.62. The maximum Gasteiger partial charge on any atom is 0.0754 e. The van der Waals surface area contributed by atoms with Crippen LogP contribution in [0.25, 0.3) is 0 Å². The van der Waals surface area contributed by atoms with Gasteiger partial charge in [0.05, 0.1) is 11.6 Å². The number of fused-ring (bicyclic) bond motifs is 1. The zero-order valence-corrected chi connectivity index (χ0v) is 12.5. The van der Waals surface area contributed by atoms with E-state index in [1.165, 1.54) is 0 Å². The summed E-state index contributed by atoms with van der Waals surface area (Å²) in [5.74, 6) is -0.303. The van der Waals surface area contributed by atoms with Crippen LogP contribution in [0.1, 0.15) is 41.5 Å². The number of ketones is 2. The average Bonchev–Trinajstić information content (AvgIpc) is 2.29. The van der Waals surface area contributed by atoms with E-state index < -0.39 is 0 Å². The molecule has 81 valence electrons. The largest absolute Gasteiger partial charge is 0.366 e. The number of hydrogen-bond acceptors (Lipinski definition) is 2. The molecule has 0 fully saturated rings. The summed E-state index contributed by atoms with van der Waals surface area (Å²) in [6, 6.07) is 6.81. The van der Waals surface area contributed by atoms with E-state index in [2.05, 4.69) is 6.08 Å². The third-order valence-corrected chi connectivity index (χ3v) is 2.06. The van der Waals surface area contributed by atoms with Crippen LogP contribution in [0.5, 0.6) is 0 Å². The van der Waals surface area contributed by atoms with Gasteiger partial charge in [0.15, 0.2) is 0 Å². The molecule has 1 radical (unpaired) electrons. The molecule has 0 saturated carbocycles. The average molecular weight is 290 g/mol. The first-order valence-corrected chi connectivity index (χ1v) is 4.99. The van der Waals surface area contributed by atoms with Crippen molar-refractivity contribution in [3.8, 4) is 0 Å². The Labute approximate surface area is 121 Å². The fourth-order valence-corrected chi connectivity index (χ4v) is 1.38. The van der Waals surface area contributed by atoms with Crippen LogP contribution in [0.3, 0.4) is 0 Å². The molecule has 0 amide bonds. The van der Waals surface area contributed by atoms with Gasteiger partial charge in [-0.25, -0.2) is 0 Å².